The second kappa shape index (κ2) is 4.87. The van der Waals surface area contributed by atoms with Gasteiger partial charge in [0.15, 0.2) is 0 Å². The van der Waals surface area contributed by atoms with Gasteiger partial charge in [0, 0.05) is 31.2 Å². The van der Waals surface area contributed by atoms with E-state index < -0.39 is 0 Å². The fourth-order valence-corrected chi connectivity index (χ4v) is 2.23. The van der Waals surface area contributed by atoms with Gasteiger partial charge in [-0.2, -0.15) is 0 Å². The molecule has 84 valence electrons. The highest BCUT2D eigenvalue weighted by molar-refractivity contribution is 7.09. The molecular weight excluding hydrogens is 210 g/mol. The van der Waals surface area contributed by atoms with Crippen molar-refractivity contribution in [3.63, 3.8) is 0 Å². The summed E-state index contributed by atoms with van der Waals surface area (Å²) in [6.45, 7) is 5.36. The van der Waals surface area contributed by atoms with Crippen molar-refractivity contribution >= 4 is 16.5 Å². The first-order valence-electron chi connectivity index (χ1n) is 5.23. The van der Waals surface area contributed by atoms with E-state index in [4.69, 9.17) is 5.73 Å². The summed E-state index contributed by atoms with van der Waals surface area (Å²) in [5.74, 6) is 0. The van der Waals surface area contributed by atoms with Crippen molar-refractivity contribution < 1.29 is 0 Å². The Morgan fingerprint density at radius 3 is 2.93 bits per heavy atom. The summed E-state index contributed by atoms with van der Waals surface area (Å²) in [5.41, 5.74) is 6.72. The molecule has 0 amide bonds. The molecule has 1 aromatic heterocycles. The molecule has 1 saturated heterocycles. The number of nitrogens with zero attached hydrogens (tertiary/aromatic N) is 4. The molecule has 0 aliphatic carbocycles. The largest absolute Gasteiger partial charge is 0.388 e. The van der Waals surface area contributed by atoms with Crippen molar-refractivity contribution in [1.29, 1.82) is 0 Å². The molecule has 0 atom stereocenters. The highest BCUT2D eigenvalue weighted by atomic mass is 32.1. The zero-order valence-electron chi connectivity index (χ0n) is 9.02. The molecule has 1 fully saturated rings. The Kier molecular flexibility index (Phi) is 3.50. The van der Waals surface area contributed by atoms with E-state index in [1.165, 1.54) is 24.5 Å². The molecule has 15 heavy (non-hydrogen) atoms. The molecular formula is C9H17N5S. The van der Waals surface area contributed by atoms with Crippen LogP contribution in [0.5, 0.6) is 0 Å². The van der Waals surface area contributed by atoms with E-state index >= 15 is 0 Å². The third-order valence-corrected chi connectivity index (χ3v) is 3.37. The second-order valence-corrected chi connectivity index (χ2v) is 4.80. The van der Waals surface area contributed by atoms with E-state index in [9.17, 15) is 0 Å². The maximum Gasteiger partial charge on any atom is 0.132 e. The summed E-state index contributed by atoms with van der Waals surface area (Å²) >= 11 is 1.28. The lowest BCUT2D eigenvalue weighted by atomic mass is 10.3. The summed E-state index contributed by atoms with van der Waals surface area (Å²) < 4.78 is 3.86. The van der Waals surface area contributed by atoms with Crippen LogP contribution in [0, 0.1) is 0 Å². The minimum absolute atomic E-state index is 0.757. The molecule has 1 aliphatic rings. The molecule has 2 N–H and O–H groups in total. The standard InChI is InChI=1S/C9H17N5S/c1-13-3-2-4-14(6-5-13)7-8-9(10)15-12-11-8/h2-7,10H2,1H3. The Bertz CT molecular complexity index is 313. The normalized spacial score (nSPS) is 20.3. The topological polar surface area (TPSA) is 58.3 Å². The van der Waals surface area contributed by atoms with Crippen molar-refractivity contribution in [1.82, 2.24) is 19.4 Å². The van der Waals surface area contributed by atoms with Crippen LogP contribution in [0.1, 0.15) is 12.1 Å². The predicted molar refractivity (Wildman–Crippen MR) is 61.7 cm³/mol. The third-order valence-electron chi connectivity index (χ3n) is 2.77. The van der Waals surface area contributed by atoms with Crippen LogP contribution in [0.25, 0.3) is 0 Å². The molecule has 0 unspecified atom stereocenters. The van der Waals surface area contributed by atoms with Gasteiger partial charge < -0.3 is 10.6 Å². The van der Waals surface area contributed by atoms with Crippen LogP contribution >= 0.6 is 11.5 Å². The van der Waals surface area contributed by atoms with Gasteiger partial charge in [-0.05, 0) is 26.6 Å². The first-order valence-corrected chi connectivity index (χ1v) is 6.00. The number of anilines is 1. The van der Waals surface area contributed by atoms with Gasteiger partial charge >= 0.3 is 0 Å². The number of aromatic nitrogens is 2. The fourth-order valence-electron chi connectivity index (χ4n) is 1.80. The molecule has 0 spiro atoms. The second-order valence-electron chi connectivity index (χ2n) is 4.02. The lowest BCUT2D eigenvalue weighted by Crippen LogP contribution is -2.28. The maximum atomic E-state index is 5.78. The summed E-state index contributed by atoms with van der Waals surface area (Å²) in [6, 6.07) is 0. The highest BCUT2D eigenvalue weighted by Crippen LogP contribution is 2.15. The van der Waals surface area contributed by atoms with E-state index in [-0.39, 0.29) is 0 Å². The number of hydrogen-bond donors (Lipinski definition) is 1. The quantitative estimate of drug-likeness (QED) is 0.785. The van der Waals surface area contributed by atoms with Crippen LogP contribution < -0.4 is 5.73 Å². The highest BCUT2D eigenvalue weighted by Gasteiger charge is 2.14. The number of rotatable bonds is 2. The van der Waals surface area contributed by atoms with Crippen molar-refractivity contribution in [2.24, 2.45) is 0 Å². The average Bonchev–Trinajstić information content (AvgIpc) is 2.48. The lowest BCUT2D eigenvalue weighted by Gasteiger charge is -2.18. The SMILES string of the molecule is CN1CCCN(Cc2nnsc2N)CC1. The van der Waals surface area contributed by atoms with Crippen molar-refractivity contribution in [3.05, 3.63) is 5.69 Å². The minimum Gasteiger partial charge on any atom is -0.388 e. The molecule has 2 heterocycles. The smallest absolute Gasteiger partial charge is 0.132 e. The molecule has 2 rings (SSSR count). The van der Waals surface area contributed by atoms with Crippen LogP contribution in [0.3, 0.4) is 0 Å². The predicted octanol–water partition coefficient (Wildman–Crippen LogP) is 0.258. The first kappa shape index (κ1) is 10.8. The van der Waals surface area contributed by atoms with E-state index in [0.29, 0.717) is 0 Å². The Balaban J connectivity index is 1.92. The summed E-state index contributed by atoms with van der Waals surface area (Å²) in [4.78, 5) is 4.76. The number of nitrogen functional groups attached to an aromatic ring is 1. The Hall–Kier alpha value is -0.720. The molecule has 0 saturated carbocycles. The van der Waals surface area contributed by atoms with Crippen LogP contribution in [0.4, 0.5) is 5.00 Å². The van der Waals surface area contributed by atoms with Crippen molar-refractivity contribution in [2.45, 2.75) is 13.0 Å². The summed E-state index contributed by atoms with van der Waals surface area (Å²) in [7, 11) is 2.17. The van der Waals surface area contributed by atoms with Gasteiger partial charge in [-0.1, -0.05) is 4.49 Å². The zero-order chi connectivity index (χ0) is 10.7. The van der Waals surface area contributed by atoms with Gasteiger partial charge in [-0.25, -0.2) is 0 Å². The van der Waals surface area contributed by atoms with E-state index in [2.05, 4.69) is 26.4 Å². The Morgan fingerprint density at radius 1 is 1.33 bits per heavy atom. The van der Waals surface area contributed by atoms with Gasteiger partial charge in [0.1, 0.15) is 10.7 Å². The van der Waals surface area contributed by atoms with Crippen molar-refractivity contribution in [2.75, 3.05) is 39.0 Å². The molecule has 0 radical (unpaired) electrons. The van der Waals surface area contributed by atoms with Crippen molar-refractivity contribution in [3.8, 4) is 0 Å². The Morgan fingerprint density at radius 2 is 2.20 bits per heavy atom. The fraction of sp³-hybridized carbons (Fsp3) is 0.778. The minimum atomic E-state index is 0.757. The average molecular weight is 227 g/mol. The molecule has 0 bridgehead atoms. The number of likely N-dealkylation sites (N-methyl/N-ethyl adjacent to an activating group) is 1. The monoisotopic (exact) mass is 227 g/mol. The lowest BCUT2D eigenvalue weighted by molar-refractivity contribution is 0.267. The zero-order valence-corrected chi connectivity index (χ0v) is 9.83. The van der Waals surface area contributed by atoms with Gasteiger partial charge in [0.05, 0.1) is 0 Å². The molecule has 5 nitrogen and oxygen atoms in total. The van der Waals surface area contributed by atoms with Gasteiger partial charge in [0.25, 0.3) is 0 Å². The maximum absolute atomic E-state index is 5.78. The number of hydrogen-bond acceptors (Lipinski definition) is 6. The molecule has 0 aromatic carbocycles. The van der Waals surface area contributed by atoms with Crippen LogP contribution in [-0.4, -0.2) is 52.6 Å². The van der Waals surface area contributed by atoms with Gasteiger partial charge in [-0.3, -0.25) is 4.90 Å². The third kappa shape index (κ3) is 2.87. The summed E-state index contributed by atoms with van der Waals surface area (Å²) in [5, 5.41) is 4.80. The van der Waals surface area contributed by atoms with Crippen LogP contribution in [-0.2, 0) is 6.54 Å². The van der Waals surface area contributed by atoms with E-state index in [0.717, 1.165) is 36.9 Å². The number of nitrogens with two attached hydrogens (primary N) is 1. The van der Waals surface area contributed by atoms with Gasteiger partial charge in [0.2, 0.25) is 0 Å². The molecule has 1 aromatic rings. The molecule has 1 aliphatic heterocycles. The first-order chi connectivity index (χ1) is 7.25. The van der Waals surface area contributed by atoms with Gasteiger partial charge in [-0.15, -0.1) is 5.10 Å². The molecule has 6 heteroatoms. The van der Waals surface area contributed by atoms with Crippen LogP contribution in [0.2, 0.25) is 0 Å². The van der Waals surface area contributed by atoms with E-state index in [1.807, 2.05) is 0 Å². The Labute approximate surface area is 94.0 Å². The summed E-state index contributed by atoms with van der Waals surface area (Å²) in [6.07, 6.45) is 1.22. The van der Waals surface area contributed by atoms with Crippen LogP contribution in [0.15, 0.2) is 0 Å². The van der Waals surface area contributed by atoms with E-state index in [1.54, 1.807) is 0 Å².